The van der Waals surface area contributed by atoms with Gasteiger partial charge in [-0.15, -0.1) is 0 Å². The number of urea groups is 1. The summed E-state index contributed by atoms with van der Waals surface area (Å²) >= 11 is 0. The van der Waals surface area contributed by atoms with E-state index in [-0.39, 0.29) is 12.6 Å². The number of anilines is 1. The quantitative estimate of drug-likeness (QED) is 0.787. The lowest BCUT2D eigenvalue weighted by Crippen LogP contribution is -2.55. The van der Waals surface area contributed by atoms with Gasteiger partial charge in [-0.25, -0.2) is 4.79 Å². The maximum absolute atomic E-state index is 12.1. The minimum atomic E-state index is -0.563. The van der Waals surface area contributed by atoms with Crippen LogP contribution in [-0.4, -0.2) is 33.1 Å². The summed E-state index contributed by atoms with van der Waals surface area (Å²) in [4.78, 5) is 12.1. The van der Waals surface area contributed by atoms with Gasteiger partial charge in [-0.3, -0.25) is 4.68 Å². The van der Waals surface area contributed by atoms with Crippen LogP contribution in [0.3, 0.4) is 0 Å². The molecule has 0 spiro atoms. The third-order valence-electron chi connectivity index (χ3n) is 4.20. The molecule has 2 amide bonds. The number of aryl methyl sites for hydroxylation is 1. The summed E-state index contributed by atoms with van der Waals surface area (Å²) in [6.45, 7) is 1.88. The van der Waals surface area contributed by atoms with Crippen LogP contribution in [0, 0.1) is 5.92 Å². The molecule has 0 aliphatic heterocycles. The molecule has 1 heterocycles. The molecular formula is C14H24N4O2. The number of amides is 2. The van der Waals surface area contributed by atoms with E-state index in [1.807, 2.05) is 6.92 Å². The molecule has 1 aromatic heterocycles. The Balaban J connectivity index is 1.95. The molecule has 1 saturated carbocycles. The van der Waals surface area contributed by atoms with Gasteiger partial charge in [-0.2, -0.15) is 5.10 Å². The van der Waals surface area contributed by atoms with Crippen LogP contribution in [0.2, 0.25) is 0 Å². The van der Waals surface area contributed by atoms with Gasteiger partial charge < -0.3 is 15.7 Å². The summed E-state index contributed by atoms with van der Waals surface area (Å²) in [7, 11) is 1.79. The first-order chi connectivity index (χ1) is 9.53. The fourth-order valence-corrected chi connectivity index (χ4v) is 2.92. The van der Waals surface area contributed by atoms with Crippen molar-refractivity contribution in [3.8, 4) is 0 Å². The molecule has 1 fully saturated rings. The molecule has 6 heteroatoms. The number of carbonyl (C=O) groups excluding carboxylic acids is 1. The smallest absolute Gasteiger partial charge is 0.319 e. The molecule has 2 rings (SSSR count). The SMILES string of the molecule is Cn1cc(NC(=O)N[C@](C)(CO)C2CCCCC2)cn1. The van der Waals surface area contributed by atoms with Gasteiger partial charge in [-0.1, -0.05) is 19.3 Å². The Morgan fingerprint density at radius 2 is 2.20 bits per heavy atom. The average Bonchev–Trinajstić information content (AvgIpc) is 2.84. The molecule has 1 aliphatic rings. The fraction of sp³-hybridized carbons (Fsp3) is 0.714. The monoisotopic (exact) mass is 280 g/mol. The van der Waals surface area contributed by atoms with E-state index < -0.39 is 5.54 Å². The van der Waals surface area contributed by atoms with Crippen molar-refractivity contribution >= 4 is 11.7 Å². The normalized spacial score (nSPS) is 19.4. The van der Waals surface area contributed by atoms with Crippen LogP contribution >= 0.6 is 0 Å². The molecule has 1 atom stereocenters. The zero-order chi connectivity index (χ0) is 14.6. The number of carbonyl (C=O) groups is 1. The van der Waals surface area contributed by atoms with E-state index in [2.05, 4.69) is 15.7 Å². The Labute approximate surface area is 119 Å². The van der Waals surface area contributed by atoms with Gasteiger partial charge in [0.1, 0.15) is 0 Å². The van der Waals surface area contributed by atoms with E-state index in [1.165, 1.54) is 19.3 Å². The van der Waals surface area contributed by atoms with Crippen LogP contribution in [0.1, 0.15) is 39.0 Å². The number of aromatic nitrogens is 2. The minimum Gasteiger partial charge on any atom is -0.394 e. The van der Waals surface area contributed by atoms with E-state index in [0.29, 0.717) is 11.6 Å². The van der Waals surface area contributed by atoms with E-state index in [4.69, 9.17) is 0 Å². The average molecular weight is 280 g/mol. The maximum atomic E-state index is 12.1. The van der Waals surface area contributed by atoms with Gasteiger partial charge in [0.25, 0.3) is 0 Å². The Morgan fingerprint density at radius 1 is 1.50 bits per heavy atom. The predicted octanol–water partition coefficient (Wildman–Crippen LogP) is 1.87. The lowest BCUT2D eigenvalue weighted by molar-refractivity contribution is 0.103. The highest BCUT2D eigenvalue weighted by atomic mass is 16.3. The van der Waals surface area contributed by atoms with Gasteiger partial charge in [0.2, 0.25) is 0 Å². The lowest BCUT2D eigenvalue weighted by atomic mass is 9.76. The standard InChI is InChI=1S/C14H24N4O2/c1-14(10-19,11-6-4-3-5-7-11)17-13(20)16-12-8-15-18(2)9-12/h8-9,11,19H,3-7,10H2,1-2H3,(H2,16,17,20)/t14-/m1/s1. The van der Waals surface area contributed by atoms with Gasteiger partial charge in [0.05, 0.1) is 24.0 Å². The van der Waals surface area contributed by atoms with Crippen molar-refractivity contribution in [3.05, 3.63) is 12.4 Å². The van der Waals surface area contributed by atoms with Crippen molar-refractivity contribution in [1.82, 2.24) is 15.1 Å². The minimum absolute atomic E-state index is 0.0435. The summed E-state index contributed by atoms with van der Waals surface area (Å²) < 4.78 is 1.63. The van der Waals surface area contributed by atoms with E-state index in [0.717, 1.165) is 12.8 Å². The zero-order valence-corrected chi connectivity index (χ0v) is 12.2. The molecule has 0 radical (unpaired) electrons. The van der Waals surface area contributed by atoms with E-state index in [9.17, 15) is 9.90 Å². The van der Waals surface area contributed by atoms with Gasteiger partial charge in [-0.05, 0) is 25.7 Å². The Kier molecular flexibility index (Phi) is 4.65. The molecule has 3 N–H and O–H groups in total. The molecule has 20 heavy (non-hydrogen) atoms. The second-order valence-electron chi connectivity index (χ2n) is 5.89. The van der Waals surface area contributed by atoms with Crippen molar-refractivity contribution in [2.24, 2.45) is 13.0 Å². The highest BCUT2D eigenvalue weighted by Gasteiger charge is 2.35. The number of hydrogen-bond acceptors (Lipinski definition) is 3. The summed E-state index contributed by atoms with van der Waals surface area (Å²) in [5.41, 5.74) is 0.0844. The molecule has 112 valence electrons. The molecule has 0 aromatic carbocycles. The molecule has 1 aromatic rings. The highest BCUT2D eigenvalue weighted by molar-refractivity contribution is 5.89. The van der Waals surface area contributed by atoms with Crippen LogP contribution in [0.15, 0.2) is 12.4 Å². The molecule has 1 aliphatic carbocycles. The van der Waals surface area contributed by atoms with Crippen LogP contribution in [-0.2, 0) is 7.05 Å². The topological polar surface area (TPSA) is 79.2 Å². The number of aliphatic hydroxyl groups is 1. The van der Waals surface area contributed by atoms with Crippen molar-refractivity contribution in [2.75, 3.05) is 11.9 Å². The fourth-order valence-electron chi connectivity index (χ4n) is 2.92. The maximum Gasteiger partial charge on any atom is 0.319 e. The lowest BCUT2D eigenvalue weighted by Gasteiger charge is -2.39. The van der Waals surface area contributed by atoms with Gasteiger partial charge in [0, 0.05) is 13.2 Å². The number of nitrogens with one attached hydrogen (secondary N) is 2. The molecule has 0 saturated heterocycles. The van der Waals surface area contributed by atoms with Crippen LogP contribution < -0.4 is 10.6 Å². The van der Waals surface area contributed by atoms with Crippen LogP contribution in [0.5, 0.6) is 0 Å². The second-order valence-corrected chi connectivity index (χ2v) is 5.89. The van der Waals surface area contributed by atoms with Crippen molar-refractivity contribution in [1.29, 1.82) is 0 Å². The van der Waals surface area contributed by atoms with Crippen molar-refractivity contribution < 1.29 is 9.90 Å². The zero-order valence-electron chi connectivity index (χ0n) is 12.2. The summed E-state index contributed by atoms with van der Waals surface area (Å²) in [5, 5.41) is 19.4. The number of aliphatic hydroxyl groups excluding tert-OH is 1. The van der Waals surface area contributed by atoms with E-state index >= 15 is 0 Å². The molecule has 6 nitrogen and oxygen atoms in total. The van der Waals surface area contributed by atoms with Crippen LogP contribution in [0.4, 0.5) is 10.5 Å². The Bertz CT molecular complexity index is 454. The van der Waals surface area contributed by atoms with Crippen LogP contribution in [0.25, 0.3) is 0 Å². The third kappa shape index (κ3) is 3.50. The highest BCUT2D eigenvalue weighted by Crippen LogP contribution is 2.32. The van der Waals surface area contributed by atoms with E-state index in [1.54, 1.807) is 24.1 Å². The van der Waals surface area contributed by atoms with Crippen molar-refractivity contribution in [3.63, 3.8) is 0 Å². The predicted molar refractivity (Wildman–Crippen MR) is 77.4 cm³/mol. The summed E-state index contributed by atoms with van der Waals surface area (Å²) in [5.74, 6) is 0.334. The molecule has 0 unspecified atom stereocenters. The second kappa shape index (κ2) is 6.26. The Hall–Kier alpha value is -1.56. The molecular weight excluding hydrogens is 256 g/mol. The number of rotatable bonds is 4. The van der Waals surface area contributed by atoms with Gasteiger partial charge >= 0.3 is 6.03 Å². The van der Waals surface area contributed by atoms with Gasteiger partial charge in [0.15, 0.2) is 0 Å². The first-order valence-corrected chi connectivity index (χ1v) is 7.22. The first kappa shape index (κ1) is 14.8. The number of hydrogen-bond donors (Lipinski definition) is 3. The Morgan fingerprint density at radius 3 is 2.75 bits per heavy atom. The summed E-state index contributed by atoms with van der Waals surface area (Å²) in [6, 6.07) is -0.292. The molecule has 0 bridgehead atoms. The van der Waals surface area contributed by atoms with Crippen molar-refractivity contribution in [2.45, 2.75) is 44.6 Å². The first-order valence-electron chi connectivity index (χ1n) is 7.22. The number of nitrogens with zero attached hydrogens (tertiary/aromatic N) is 2. The third-order valence-corrected chi connectivity index (χ3v) is 4.20. The largest absolute Gasteiger partial charge is 0.394 e. The summed E-state index contributed by atoms with van der Waals surface area (Å²) in [6.07, 6.45) is 9.04.